The maximum atomic E-state index is 13.5. The summed E-state index contributed by atoms with van der Waals surface area (Å²) in [6, 6.07) is 19.0. The Labute approximate surface area is 152 Å². The minimum absolute atomic E-state index is 0.320. The standard InChI is InChI=1S/C23H31NO/c1-6-23(17-19(3)24(4)5,21-13-8-7-9-14-21)22(25)16-20-12-10-11-18(2)15-20/h7-15,19H,6,16-17H2,1-5H3/t19-,23-/m0/s1. The molecule has 0 N–H and O–H groups in total. The second-order valence-corrected chi connectivity index (χ2v) is 7.41. The summed E-state index contributed by atoms with van der Waals surface area (Å²) >= 11 is 0. The third kappa shape index (κ3) is 4.58. The van der Waals surface area contributed by atoms with Gasteiger partial charge in [0.05, 0.1) is 5.41 Å². The molecule has 134 valence electrons. The number of carbonyl (C=O) groups is 1. The molecule has 0 aliphatic heterocycles. The lowest BCUT2D eigenvalue weighted by molar-refractivity contribution is -0.124. The zero-order valence-corrected chi connectivity index (χ0v) is 16.3. The van der Waals surface area contributed by atoms with Gasteiger partial charge in [0.2, 0.25) is 0 Å². The first kappa shape index (κ1) is 19.4. The minimum Gasteiger partial charge on any atom is -0.307 e. The highest BCUT2D eigenvalue weighted by molar-refractivity contribution is 5.92. The van der Waals surface area contributed by atoms with Crippen LogP contribution in [0.5, 0.6) is 0 Å². The molecule has 0 aliphatic rings. The second-order valence-electron chi connectivity index (χ2n) is 7.41. The number of rotatable bonds is 8. The van der Waals surface area contributed by atoms with E-state index in [0.29, 0.717) is 18.2 Å². The van der Waals surface area contributed by atoms with Gasteiger partial charge in [-0.25, -0.2) is 0 Å². The number of hydrogen-bond donors (Lipinski definition) is 0. The van der Waals surface area contributed by atoms with Crippen molar-refractivity contribution in [2.24, 2.45) is 0 Å². The highest BCUT2D eigenvalue weighted by atomic mass is 16.1. The van der Waals surface area contributed by atoms with Crippen molar-refractivity contribution in [3.05, 3.63) is 71.3 Å². The first-order chi connectivity index (χ1) is 11.9. The third-order valence-corrected chi connectivity index (χ3v) is 5.44. The maximum Gasteiger partial charge on any atom is 0.147 e. The Morgan fingerprint density at radius 1 is 1.08 bits per heavy atom. The second kappa shape index (κ2) is 8.44. The summed E-state index contributed by atoms with van der Waals surface area (Å²) in [5.41, 5.74) is 3.02. The van der Waals surface area contributed by atoms with Gasteiger partial charge in [0.25, 0.3) is 0 Å². The van der Waals surface area contributed by atoms with Crippen LogP contribution < -0.4 is 0 Å². The van der Waals surface area contributed by atoms with E-state index in [-0.39, 0.29) is 0 Å². The summed E-state index contributed by atoms with van der Waals surface area (Å²) < 4.78 is 0. The first-order valence-corrected chi connectivity index (χ1v) is 9.20. The molecule has 2 heteroatoms. The molecule has 2 atom stereocenters. The molecule has 2 nitrogen and oxygen atoms in total. The van der Waals surface area contributed by atoms with Gasteiger partial charge in [0.15, 0.2) is 0 Å². The molecule has 2 rings (SSSR count). The molecule has 0 saturated carbocycles. The zero-order chi connectivity index (χ0) is 18.4. The Bertz CT molecular complexity index is 692. The number of ketones is 1. The number of hydrogen-bond acceptors (Lipinski definition) is 2. The van der Waals surface area contributed by atoms with E-state index in [4.69, 9.17) is 0 Å². The molecule has 0 aliphatic carbocycles. The van der Waals surface area contributed by atoms with Crippen LogP contribution in [0, 0.1) is 6.92 Å². The van der Waals surface area contributed by atoms with Crippen LogP contribution in [0.3, 0.4) is 0 Å². The van der Waals surface area contributed by atoms with Crippen molar-refractivity contribution in [3.8, 4) is 0 Å². The van der Waals surface area contributed by atoms with Gasteiger partial charge in [0.1, 0.15) is 5.78 Å². The van der Waals surface area contributed by atoms with Gasteiger partial charge in [-0.2, -0.15) is 0 Å². The summed E-state index contributed by atoms with van der Waals surface area (Å²) in [4.78, 5) is 15.7. The fraction of sp³-hybridized carbons (Fsp3) is 0.435. The van der Waals surface area contributed by atoms with Gasteiger partial charge in [-0.3, -0.25) is 4.79 Å². The lowest BCUT2D eigenvalue weighted by Crippen LogP contribution is -2.42. The minimum atomic E-state index is -0.436. The van der Waals surface area contributed by atoms with E-state index in [2.05, 4.69) is 70.1 Å². The Hall–Kier alpha value is -1.93. The van der Waals surface area contributed by atoms with E-state index in [1.54, 1.807) is 0 Å². The molecule has 0 aromatic heterocycles. The van der Waals surface area contributed by atoms with E-state index in [9.17, 15) is 4.79 Å². The zero-order valence-electron chi connectivity index (χ0n) is 16.3. The normalized spacial score (nSPS) is 15.0. The number of nitrogens with zero attached hydrogens (tertiary/aromatic N) is 1. The highest BCUT2D eigenvalue weighted by Gasteiger charge is 2.39. The number of aryl methyl sites for hydroxylation is 1. The molecular formula is C23H31NO. The molecule has 0 fully saturated rings. The fourth-order valence-electron chi connectivity index (χ4n) is 3.56. The predicted molar refractivity (Wildman–Crippen MR) is 106 cm³/mol. The molecule has 2 aromatic carbocycles. The molecule has 0 amide bonds. The van der Waals surface area contributed by atoms with Crippen molar-refractivity contribution < 1.29 is 4.79 Å². The van der Waals surface area contributed by atoms with Crippen molar-refractivity contribution in [3.63, 3.8) is 0 Å². The van der Waals surface area contributed by atoms with E-state index in [1.807, 2.05) is 24.3 Å². The monoisotopic (exact) mass is 337 g/mol. The summed E-state index contributed by atoms with van der Waals surface area (Å²) in [7, 11) is 4.17. The van der Waals surface area contributed by atoms with Gasteiger partial charge in [-0.15, -0.1) is 0 Å². The number of benzene rings is 2. The molecule has 0 heterocycles. The Morgan fingerprint density at radius 3 is 2.32 bits per heavy atom. The molecular weight excluding hydrogens is 306 g/mol. The van der Waals surface area contributed by atoms with Crippen LogP contribution in [0.2, 0.25) is 0 Å². The van der Waals surface area contributed by atoms with Crippen LogP contribution in [-0.4, -0.2) is 30.8 Å². The topological polar surface area (TPSA) is 20.3 Å². The maximum absolute atomic E-state index is 13.5. The predicted octanol–water partition coefficient (Wildman–Crippen LogP) is 4.79. The Morgan fingerprint density at radius 2 is 1.76 bits per heavy atom. The summed E-state index contributed by atoms with van der Waals surface area (Å²) in [6.45, 7) is 6.42. The van der Waals surface area contributed by atoms with Crippen LogP contribution in [0.1, 0.15) is 43.4 Å². The fourth-order valence-corrected chi connectivity index (χ4v) is 3.56. The van der Waals surface area contributed by atoms with Gasteiger partial charge >= 0.3 is 0 Å². The SMILES string of the molecule is CC[C@@](C[C@H](C)N(C)C)(C(=O)Cc1cccc(C)c1)c1ccccc1. The number of Topliss-reactive ketones (excluding diaryl/α,β-unsaturated/α-hetero) is 1. The van der Waals surface area contributed by atoms with Crippen LogP contribution in [0.4, 0.5) is 0 Å². The van der Waals surface area contributed by atoms with Gasteiger partial charge in [-0.05, 0) is 51.9 Å². The van der Waals surface area contributed by atoms with Crippen LogP contribution in [-0.2, 0) is 16.6 Å². The molecule has 2 aromatic rings. The quantitative estimate of drug-likeness (QED) is 0.690. The Kier molecular flexibility index (Phi) is 6.55. The summed E-state index contributed by atoms with van der Waals surface area (Å²) in [6.07, 6.45) is 2.15. The molecule has 0 radical (unpaired) electrons. The average Bonchev–Trinajstić information content (AvgIpc) is 2.60. The average molecular weight is 338 g/mol. The lowest BCUT2D eigenvalue weighted by atomic mass is 9.69. The van der Waals surface area contributed by atoms with E-state index < -0.39 is 5.41 Å². The smallest absolute Gasteiger partial charge is 0.147 e. The van der Waals surface area contributed by atoms with Crippen LogP contribution >= 0.6 is 0 Å². The Balaban J connectivity index is 2.40. The van der Waals surface area contributed by atoms with Gasteiger partial charge in [-0.1, -0.05) is 67.1 Å². The van der Waals surface area contributed by atoms with Crippen molar-refractivity contribution in [1.82, 2.24) is 4.90 Å². The van der Waals surface area contributed by atoms with Crippen molar-refractivity contribution >= 4 is 5.78 Å². The molecule has 0 unspecified atom stereocenters. The first-order valence-electron chi connectivity index (χ1n) is 9.20. The largest absolute Gasteiger partial charge is 0.307 e. The van der Waals surface area contributed by atoms with Crippen molar-refractivity contribution in [2.45, 2.75) is 51.5 Å². The molecule has 0 spiro atoms. The van der Waals surface area contributed by atoms with Crippen LogP contribution in [0.15, 0.2) is 54.6 Å². The summed E-state index contributed by atoms with van der Waals surface area (Å²) in [5, 5.41) is 0. The van der Waals surface area contributed by atoms with Crippen LogP contribution in [0.25, 0.3) is 0 Å². The molecule has 25 heavy (non-hydrogen) atoms. The van der Waals surface area contributed by atoms with Gasteiger partial charge in [0, 0.05) is 12.5 Å². The summed E-state index contributed by atoms with van der Waals surface area (Å²) in [5.74, 6) is 0.320. The highest BCUT2D eigenvalue weighted by Crippen LogP contribution is 2.36. The van der Waals surface area contributed by atoms with Crippen molar-refractivity contribution in [1.29, 1.82) is 0 Å². The third-order valence-electron chi connectivity index (χ3n) is 5.44. The van der Waals surface area contributed by atoms with E-state index in [0.717, 1.165) is 24.0 Å². The van der Waals surface area contributed by atoms with Crippen molar-refractivity contribution in [2.75, 3.05) is 14.1 Å². The lowest BCUT2D eigenvalue weighted by Gasteiger charge is -2.36. The number of carbonyl (C=O) groups excluding carboxylic acids is 1. The molecule has 0 bridgehead atoms. The molecule has 0 saturated heterocycles. The van der Waals surface area contributed by atoms with Gasteiger partial charge < -0.3 is 4.90 Å². The van der Waals surface area contributed by atoms with E-state index >= 15 is 0 Å². The van der Waals surface area contributed by atoms with E-state index in [1.165, 1.54) is 5.56 Å².